The minimum absolute atomic E-state index is 0.0712. The molecule has 2 amide bonds. The highest BCUT2D eigenvalue weighted by Gasteiger charge is 2.49. The number of anilines is 1. The Morgan fingerprint density at radius 2 is 1.93 bits per heavy atom. The highest BCUT2D eigenvalue weighted by atomic mass is 19.1. The number of nitrogens with zero attached hydrogens (tertiary/aromatic N) is 3. The monoisotopic (exact) mass is 393 g/mol. The molecule has 2 aromatic rings. The Hall–Kier alpha value is -2.76. The van der Waals surface area contributed by atoms with Gasteiger partial charge in [0.15, 0.2) is 0 Å². The van der Waals surface area contributed by atoms with Gasteiger partial charge in [0.05, 0.1) is 6.42 Å². The van der Waals surface area contributed by atoms with Gasteiger partial charge in [-0.05, 0) is 61.6 Å². The molecule has 1 aliphatic carbocycles. The lowest BCUT2D eigenvalue weighted by atomic mass is 9.74. The first-order valence-corrected chi connectivity index (χ1v) is 10.3. The zero-order valence-electron chi connectivity index (χ0n) is 16.3. The quantitative estimate of drug-likeness (QED) is 0.805. The maximum Gasteiger partial charge on any atom is 0.230 e. The standard InChI is InChI=1S/C23H24FN3O2/c24-17-6-7-20-19(13-17)23(15-27(20)22(29)16-4-5-16)8-11-26(12-9-23)21(28)14-18-3-1-2-10-25-18/h1-3,6-7,10,13,16H,4-5,8-9,11-12,14-15H2. The number of aromatic nitrogens is 1. The molecule has 2 aliphatic heterocycles. The van der Waals surface area contributed by atoms with E-state index in [9.17, 15) is 14.0 Å². The van der Waals surface area contributed by atoms with E-state index in [1.165, 1.54) is 6.07 Å². The Balaban J connectivity index is 1.34. The average Bonchev–Trinajstić information content (AvgIpc) is 3.54. The number of fused-ring (bicyclic) bond motifs is 2. The molecule has 3 heterocycles. The van der Waals surface area contributed by atoms with Crippen LogP contribution in [0.15, 0.2) is 42.6 Å². The van der Waals surface area contributed by atoms with Crippen molar-refractivity contribution in [3.8, 4) is 0 Å². The van der Waals surface area contributed by atoms with E-state index in [0.29, 0.717) is 26.1 Å². The van der Waals surface area contributed by atoms with Crippen molar-refractivity contribution in [3.05, 3.63) is 59.7 Å². The third-order valence-corrected chi connectivity index (χ3v) is 6.61. The maximum absolute atomic E-state index is 14.1. The van der Waals surface area contributed by atoms with E-state index in [-0.39, 0.29) is 29.0 Å². The maximum atomic E-state index is 14.1. The molecule has 6 heteroatoms. The molecule has 0 unspecified atom stereocenters. The van der Waals surface area contributed by atoms with Gasteiger partial charge in [0.1, 0.15) is 5.82 Å². The van der Waals surface area contributed by atoms with Crippen molar-refractivity contribution >= 4 is 17.5 Å². The minimum atomic E-state index is -0.266. The van der Waals surface area contributed by atoms with Crippen LogP contribution in [0.4, 0.5) is 10.1 Å². The van der Waals surface area contributed by atoms with Gasteiger partial charge < -0.3 is 9.80 Å². The molecular formula is C23H24FN3O2. The molecular weight excluding hydrogens is 369 g/mol. The lowest BCUT2D eigenvalue weighted by Crippen LogP contribution is -2.48. The summed E-state index contributed by atoms with van der Waals surface area (Å²) in [5.41, 5.74) is 2.30. The average molecular weight is 393 g/mol. The normalized spacial score (nSPS) is 20.0. The number of pyridine rings is 1. The van der Waals surface area contributed by atoms with E-state index in [2.05, 4.69) is 4.98 Å². The summed E-state index contributed by atoms with van der Waals surface area (Å²) < 4.78 is 14.1. The molecule has 0 atom stereocenters. The highest BCUT2D eigenvalue weighted by Crippen LogP contribution is 2.49. The number of hydrogen-bond donors (Lipinski definition) is 0. The second-order valence-electron chi connectivity index (χ2n) is 8.52. The molecule has 1 aromatic heterocycles. The van der Waals surface area contributed by atoms with Crippen molar-refractivity contribution in [2.24, 2.45) is 5.92 Å². The van der Waals surface area contributed by atoms with E-state index in [1.807, 2.05) is 28.0 Å². The zero-order chi connectivity index (χ0) is 20.0. The molecule has 1 saturated heterocycles. The van der Waals surface area contributed by atoms with Crippen molar-refractivity contribution < 1.29 is 14.0 Å². The van der Waals surface area contributed by atoms with E-state index in [0.717, 1.165) is 42.6 Å². The number of halogens is 1. The van der Waals surface area contributed by atoms with E-state index < -0.39 is 0 Å². The summed E-state index contributed by atoms with van der Waals surface area (Å²) in [6.45, 7) is 1.84. The van der Waals surface area contributed by atoms with Crippen LogP contribution in [-0.4, -0.2) is 41.3 Å². The Labute approximate surface area is 169 Å². The fourth-order valence-corrected chi connectivity index (χ4v) is 4.77. The van der Waals surface area contributed by atoms with Crippen LogP contribution >= 0.6 is 0 Å². The van der Waals surface area contributed by atoms with Crippen molar-refractivity contribution in [3.63, 3.8) is 0 Å². The SMILES string of the molecule is O=C(Cc1ccccn1)N1CCC2(CC1)CN(C(=O)C1CC1)c1ccc(F)cc12. The molecule has 0 N–H and O–H groups in total. The Kier molecular flexibility index (Phi) is 4.37. The van der Waals surface area contributed by atoms with Crippen LogP contribution in [-0.2, 0) is 21.4 Å². The summed E-state index contributed by atoms with van der Waals surface area (Å²) in [4.78, 5) is 33.5. The van der Waals surface area contributed by atoms with Crippen LogP contribution in [0.1, 0.15) is 36.9 Å². The third kappa shape index (κ3) is 3.30. The van der Waals surface area contributed by atoms with Gasteiger partial charge >= 0.3 is 0 Å². The van der Waals surface area contributed by atoms with Gasteiger partial charge in [-0.15, -0.1) is 0 Å². The van der Waals surface area contributed by atoms with E-state index >= 15 is 0 Å². The fraction of sp³-hybridized carbons (Fsp3) is 0.435. The van der Waals surface area contributed by atoms with Gasteiger partial charge in [-0.1, -0.05) is 6.07 Å². The highest BCUT2D eigenvalue weighted by molar-refractivity contribution is 5.99. The Morgan fingerprint density at radius 1 is 1.14 bits per heavy atom. The van der Waals surface area contributed by atoms with Crippen LogP contribution in [0.5, 0.6) is 0 Å². The van der Waals surface area contributed by atoms with E-state index in [4.69, 9.17) is 0 Å². The van der Waals surface area contributed by atoms with Crippen LogP contribution in [0.2, 0.25) is 0 Å². The van der Waals surface area contributed by atoms with Crippen LogP contribution < -0.4 is 4.90 Å². The van der Waals surface area contributed by atoms with Gasteiger partial charge in [-0.25, -0.2) is 4.39 Å². The summed E-state index contributed by atoms with van der Waals surface area (Å²) in [7, 11) is 0. The molecule has 1 spiro atoms. The van der Waals surface area contributed by atoms with E-state index in [1.54, 1.807) is 18.3 Å². The number of amides is 2. The number of carbonyl (C=O) groups is 2. The third-order valence-electron chi connectivity index (χ3n) is 6.61. The number of carbonyl (C=O) groups excluding carboxylic acids is 2. The second kappa shape index (κ2) is 6.94. The van der Waals surface area contributed by atoms with Gasteiger partial charge in [0.25, 0.3) is 0 Å². The van der Waals surface area contributed by atoms with Crippen LogP contribution in [0, 0.1) is 11.7 Å². The number of rotatable bonds is 3. The summed E-state index contributed by atoms with van der Waals surface area (Å²) in [5.74, 6) is 0.103. The number of piperidine rings is 1. The zero-order valence-corrected chi connectivity index (χ0v) is 16.3. The predicted octanol–water partition coefficient (Wildman–Crippen LogP) is 3.08. The number of benzene rings is 1. The summed E-state index contributed by atoms with van der Waals surface area (Å²) in [6, 6.07) is 10.4. The van der Waals surface area contributed by atoms with Crippen LogP contribution in [0.3, 0.4) is 0 Å². The van der Waals surface area contributed by atoms with Gasteiger partial charge in [0.2, 0.25) is 11.8 Å². The van der Waals surface area contributed by atoms with Gasteiger partial charge in [-0.3, -0.25) is 14.6 Å². The van der Waals surface area contributed by atoms with Gasteiger partial charge in [-0.2, -0.15) is 0 Å². The summed E-state index contributed by atoms with van der Waals surface area (Å²) in [6.07, 6.45) is 5.38. The molecule has 2 fully saturated rings. The first-order valence-electron chi connectivity index (χ1n) is 10.3. The first-order chi connectivity index (χ1) is 14.1. The molecule has 150 valence electrons. The molecule has 5 nitrogen and oxygen atoms in total. The summed E-state index contributed by atoms with van der Waals surface area (Å²) >= 11 is 0. The molecule has 29 heavy (non-hydrogen) atoms. The van der Waals surface area contributed by atoms with Crippen molar-refractivity contribution in [1.82, 2.24) is 9.88 Å². The molecule has 0 radical (unpaired) electrons. The minimum Gasteiger partial charge on any atom is -0.342 e. The molecule has 0 bridgehead atoms. The van der Waals surface area contributed by atoms with Gasteiger partial charge in [0, 0.05) is 48.5 Å². The topological polar surface area (TPSA) is 53.5 Å². The fourth-order valence-electron chi connectivity index (χ4n) is 4.77. The summed E-state index contributed by atoms with van der Waals surface area (Å²) in [5, 5.41) is 0. The smallest absolute Gasteiger partial charge is 0.230 e. The molecule has 1 saturated carbocycles. The lowest BCUT2D eigenvalue weighted by molar-refractivity contribution is -0.132. The van der Waals surface area contributed by atoms with Crippen molar-refractivity contribution in [1.29, 1.82) is 0 Å². The molecule has 3 aliphatic rings. The van der Waals surface area contributed by atoms with Crippen molar-refractivity contribution in [2.45, 2.75) is 37.5 Å². The predicted molar refractivity (Wildman–Crippen MR) is 107 cm³/mol. The lowest BCUT2D eigenvalue weighted by Gasteiger charge is -2.40. The molecule has 5 rings (SSSR count). The largest absolute Gasteiger partial charge is 0.342 e. The van der Waals surface area contributed by atoms with Crippen LogP contribution in [0.25, 0.3) is 0 Å². The van der Waals surface area contributed by atoms with Crippen molar-refractivity contribution in [2.75, 3.05) is 24.5 Å². The molecule has 1 aromatic carbocycles. The first kappa shape index (κ1) is 18.3. The second-order valence-corrected chi connectivity index (χ2v) is 8.52. The number of likely N-dealkylation sites (tertiary alicyclic amines) is 1. The Bertz CT molecular complexity index is 950. The Morgan fingerprint density at radius 3 is 2.62 bits per heavy atom. The number of hydrogen-bond acceptors (Lipinski definition) is 3.